The van der Waals surface area contributed by atoms with E-state index in [1.165, 1.54) is 32.1 Å². The third-order valence-electron chi connectivity index (χ3n) is 10.6. The molecule has 2 heterocycles. The lowest BCUT2D eigenvalue weighted by atomic mass is 9.45. The Balaban J connectivity index is 1.26. The van der Waals surface area contributed by atoms with E-state index in [4.69, 9.17) is 4.74 Å². The molecule has 4 unspecified atom stereocenters. The molecular weight excluding hydrogens is 350 g/mol. The minimum Gasteiger partial charge on any atom is -0.393 e. The summed E-state index contributed by atoms with van der Waals surface area (Å²) in [5.41, 5.74) is 0.344. The van der Waals surface area contributed by atoms with Gasteiger partial charge in [-0.25, -0.2) is 0 Å². The van der Waals surface area contributed by atoms with Crippen molar-refractivity contribution in [2.24, 2.45) is 34.5 Å². The standard InChI is InChI=1S/C24H37NO3/c1-23-8-5-17-16(4-3-14-11-20-21(28-20)13-24(14,17)2)18(23)12-19(22(23)27)25-9-6-15(26)7-10-25/h14-21,26H,3-13H2,1-2H3/t14?,16-,17-,18+,19?,20?,21?,23+,24+/m1/s1. The highest BCUT2D eigenvalue weighted by Gasteiger charge is 2.65. The number of ketones is 1. The molecule has 9 atom stereocenters. The fourth-order valence-electron chi connectivity index (χ4n) is 8.82. The number of epoxide rings is 1. The van der Waals surface area contributed by atoms with Crippen LogP contribution in [-0.4, -0.2) is 53.2 Å². The fraction of sp³-hybridized carbons (Fsp3) is 0.958. The molecule has 4 aliphatic carbocycles. The fourth-order valence-corrected chi connectivity index (χ4v) is 8.82. The summed E-state index contributed by atoms with van der Waals surface area (Å²) in [7, 11) is 0. The molecule has 156 valence electrons. The van der Waals surface area contributed by atoms with Crippen LogP contribution in [0.15, 0.2) is 0 Å². The average Bonchev–Trinajstić information content (AvgIpc) is 3.36. The van der Waals surface area contributed by atoms with Gasteiger partial charge in [-0.3, -0.25) is 9.69 Å². The maximum absolute atomic E-state index is 13.6. The van der Waals surface area contributed by atoms with Gasteiger partial charge in [-0.05, 0) is 86.9 Å². The molecule has 4 nitrogen and oxygen atoms in total. The van der Waals surface area contributed by atoms with Crippen LogP contribution in [0.5, 0.6) is 0 Å². The van der Waals surface area contributed by atoms with Gasteiger partial charge in [-0.15, -0.1) is 0 Å². The third kappa shape index (κ3) is 2.43. The van der Waals surface area contributed by atoms with E-state index < -0.39 is 0 Å². The van der Waals surface area contributed by atoms with Crippen LogP contribution in [0, 0.1) is 34.5 Å². The van der Waals surface area contributed by atoms with Crippen LogP contribution in [0.3, 0.4) is 0 Å². The van der Waals surface area contributed by atoms with Gasteiger partial charge in [0, 0.05) is 18.5 Å². The molecular formula is C24H37NO3. The Labute approximate surface area is 169 Å². The molecule has 4 heteroatoms. The molecule has 0 bridgehead atoms. The molecule has 0 aromatic rings. The number of piperidine rings is 1. The van der Waals surface area contributed by atoms with E-state index >= 15 is 0 Å². The van der Waals surface area contributed by atoms with Crippen molar-refractivity contribution in [2.75, 3.05) is 13.1 Å². The van der Waals surface area contributed by atoms with Gasteiger partial charge >= 0.3 is 0 Å². The Morgan fingerprint density at radius 2 is 1.79 bits per heavy atom. The second-order valence-electron chi connectivity index (χ2n) is 11.6. The molecule has 0 radical (unpaired) electrons. The molecule has 1 N–H and O–H groups in total. The highest BCUT2D eigenvalue weighted by Crippen LogP contribution is 2.67. The monoisotopic (exact) mass is 387 g/mol. The van der Waals surface area contributed by atoms with Crippen molar-refractivity contribution in [3.05, 3.63) is 0 Å². The molecule has 0 aromatic carbocycles. The number of hydrogen-bond acceptors (Lipinski definition) is 4. The van der Waals surface area contributed by atoms with E-state index in [9.17, 15) is 9.90 Å². The van der Waals surface area contributed by atoms with Crippen molar-refractivity contribution in [1.82, 2.24) is 4.90 Å². The lowest BCUT2D eigenvalue weighted by molar-refractivity contribution is -0.140. The van der Waals surface area contributed by atoms with Crippen molar-refractivity contribution in [3.8, 4) is 0 Å². The van der Waals surface area contributed by atoms with Crippen LogP contribution in [0.1, 0.15) is 71.6 Å². The van der Waals surface area contributed by atoms with Crippen molar-refractivity contribution >= 4 is 5.78 Å². The van der Waals surface area contributed by atoms with E-state index in [0.717, 1.165) is 56.5 Å². The van der Waals surface area contributed by atoms with Crippen molar-refractivity contribution < 1.29 is 14.6 Å². The molecule has 6 aliphatic rings. The number of aliphatic hydroxyl groups is 1. The molecule has 28 heavy (non-hydrogen) atoms. The predicted octanol–water partition coefficient (Wildman–Crippen LogP) is 3.41. The first-order chi connectivity index (χ1) is 13.4. The van der Waals surface area contributed by atoms with Gasteiger partial charge in [0.2, 0.25) is 0 Å². The van der Waals surface area contributed by atoms with Gasteiger partial charge in [-0.1, -0.05) is 13.8 Å². The average molecular weight is 388 g/mol. The smallest absolute Gasteiger partial charge is 0.156 e. The van der Waals surface area contributed by atoms with Crippen LogP contribution in [0.25, 0.3) is 0 Å². The summed E-state index contributed by atoms with van der Waals surface area (Å²) >= 11 is 0. The van der Waals surface area contributed by atoms with Crippen molar-refractivity contribution in [1.29, 1.82) is 0 Å². The van der Waals surface area contributed by atoms with E-state index in [1.807, 2.05) is 0 Å². The molecule has 0 spiro atoms. The van der Waals surface area contributed by atoms with E-state index in [1.54, 1.807) is 0 Å². The van der Waals surface area contributed by atoms with Crippen LogP contribution in [0.4, 0.5) is 0 Å². The number of carbonyl (C=O) groups excluding carboxylic acids is 1. The number of nitrogens with zero attached hydrogens (tertiary/aromatic N) is 1. The van der Waals surface area contributed by atoms with Gasteiger partial charge in [0.05, 0.1) is 24.4 Å². The molecule has 6 fully saturated rings. The summed E-state index contributed by atoms with van der Waals surface area (Å²) in [6.45, 7) is 6.68. The maximum atomic E-state index is 13.6. The number of rotatable bonds is 1. The van der Waals surface area contributed by atoms with E-state index in [2.05, 4.69) is 18.7 Å². The van der Waals surface area contributed by atoms with Gasteiger partial charge < -0.3 is 9.84 Å². The Morgan fingerprint density at radius 3 is 2.57 bits per heavy atom. The summed E-state index contributed by atoms with van der Waals surface area (Å²) < 4.78 is 5.96. The van der Waals surface area contributed by atoms with Gasteiger partial charge in [0.15, 0.2) is 5.78 Å². The molecule has 6 rings (SSSR count). The largest absolute Gasteiger partial charge is 0.393 e. The lowest BCUT2D eigenvalue weighted by Crippen LogP contribution is -2.53. The molecule has 2 aliphatic heterocycles. The minimum atomic E-state index is -0.162. The zero-order valence-electron chi connectivity index (χ0n) is 17.6. The Morgan fingerprint density at radius 1 is 1.00 bits per heavy atom. The van der Waals surface area contributed by atoms with Crippen LogP contribution < -0.4 is 0 Å². The molecule has 4 saturated carbocycles. The number of Topliss-reactive ketones (excluding diaryl/α,β-unsaturated/α-hetero) is 1. The highest BCUT2D eigenvalue weighted by atomic mass is 16.6. The Kier molecular flexibility index (Phi) is 3.96. The van der Waals surface area contributed by atoms with Gasteiger partial charge in [0.25, 0.3) is 0 Å². The Bertz CT molecular complexity index is 673. The van der Waals surface area contributed by atoms with E-state index in [0.29, 0.717) is 29.3 Å². The van der Waals surface area contributed by atoms with Gasteiger partial charge in [-0.2, -0.15) is 0 Å². The zero-order chi connectivity index (χ0) is 19.3. The van der Waals surface area contributed by atoms with Crippen molar-refractivity contribution in [2.45, 2.75) is 96.0 Å². The summed E-state index contributed by atoms with van der Waals surface area (Å²) in [4.78, 5) is 16.0. The number of carbonyl (C=O) groups is 1. The summed E-state index contributed by atoms with van der Waals surface area (Å²) in [6.07, 6.45) is 11.3. The normalized spacial score (nSPS) is 56.5. The highest BCUT2D eigenvalue weighted by molar-refractivity contribution is 5.92. The first kappa shape index (κ1) is 18.3. The Hall–Kier alpha value is -0.450. The van der Waals surface area contributed by atoms with E-state index in [-0.39, 0.29) is 17.6 Å². The van der Waals surface area contributed by atoms with Crippen LogP contribution in [-0.2, 0) is 9.53 Å². The number of aliphatic hydroxyl groups excluding tert-OH is 1. The SMILES string of the molecule is C[C@]12CC3OC3CC1CC[C@@H]1[C@H]2CC[C@]2(C)C(=O)C(N3CCC(O)CC3)C[C@@H]12. The number of hydrogen-bond donors (Lipinski definition) is 1. The predicted molar refractivity (Wildman–Crippen MR) is 107 cm³/mol. The summed E-state index contributed by atoms with van der Waals surface area (Å²) in [5.74, 6) is 3.49. The van der Waals surface area contributed by atoms with Crippen LogP contribution in [0.2, 0.25) is 0 Å². The second kappa shape index (κ2) is 6.04. The number of likely N-dealkylation sites (tertiary alicyclic amines) is 1. The number of ether oxygens (including phenoxy) is 1. The summed E-state index contributed by atoms with van der Waals surface area (Å²) in [5, 5.41) is 9.89. The van der Waals surface area contributed by atoms with Gasteiger partial charge in [0.1, 0.15) is 0 Å². The van der Waals surface area contributed by atoms with Crippen LogP contribution >= 0.6 is 0 Å². The number of fused-ring (bicyclic) bond motifs is 6. The van der Waals surface area contributed by atoms with Crippen molar-refractivity contribution in [3.63, 3.8) is 0 Å². The quantitative estimate of drug-likeness (QED) is 0.701. The second-order valence-corrected chi connectivity index (χ2v) is 11.6. The molecule has 0 amide bonds. The first-order valence-electron chi connectivity index (χ1n) is 12.0. The first-order valence-corrected chi connectivity index (χ1v) is 12.0. The molecule has 2 saturated heterocycles. The summed E-state index contributed by atoms with van der Waals surface area (Å²) in [6, 6.07) is 0.120. The molecule has 0 aromatic heterocycles. The third-order valence-corrected chi connectivity index (χ3v) is 10.6. The zero-order valence-corrected chi connectivity index (χ0v) is 17.6. The maximum Gasteiger partial charge on any atom is 0.156 e. The topological polar surface area (TPSA) is 53.1 Å². The minimum absolute atomic E-state index is 0.0988. The lowest BCUT2D eigenvalue weighted by Gasteiger charge is -2.58.